The van der Waals surface area contributed by atoms with E-state index < -0.39 is 6.10 Å². The smallest absolute Gasteiger partial charge is 0.122 e. The first-order valence-corrected chi connectivity index (χ1v) is 10.4. The molecule has 0 aliphatic carbocycles. The Bertz CT molecular complexity index is 907. The van der Waals surface area contributed by atoms with E-state index in [1.807, 2.05) is 56.3 Å². The number of hydrogen-bond acceptors (Lipinski definition) is 5. The fraction of sp³-hybridized carbons (Fsp3) is 0.360. The molecule has 1 aromatic heterocycles. The van der Waals surface area contributed by atoms with Gasteiger partial charge in [0.2, 0.25) is 0 Å². The van der Waals surface area contributed by atoms with Crippen molar-refractivity contribution in [1.29, 1.82) is 0 Å². The van der Waals surface area contributed by atoms with E-state index in [2.05, 4.69) is 24.0 Å². The first kappa shape index (κ1) is 21.9. The van der Waals surface area contributed by atoms with Gasteiger partial charge in [-0.3, -0.25) is 4.90 Å². The van der Waals surface area contributed by atoms with E-state index in [9.17, 15) is 5.11 Å². The molecule has 0 saturated heterocycles. The molecule has 0 saturated carbocycles. The van der Waals surface area contributed by atoms with Crippen molar-refractivity contribution in [3.8, 4) is 11.5 Å². The van der Waals surface area contributed by atoms with Crippen LogP contribution in [0, 0.1) is 13.8 Å². The Morgan fingerprint density at radius 1 is 1.00 bits per heavy atom. The molecule has 5 nitrogen and oxygen atoms in total. The van der Waals surface area contributed by atoms with Gasteiger partial charge in [0.1, 0.15) is 30.0 Å². The average Bonchev–Trinajstić information content (AvgIpc) is 3.22. The van der Waals surface area contributed by atoms with Crippen LogP contribution in [-0.4, -0.2) is 35.9 Å². The molecule has 5 heteroatoms. The molecular formula is C25H31NO4. The number of ether oxygens (including phenoxy) is 2. The topological polar surface area (TPSA) is 55.1 Å². The van der Waals surface area contributed by atoms with E-state index in [1.165, 1.54) is 5.56 Å². The summed E-state index contributed by atoms with van der Waals surface area (Å²) in [7, 11) is 0. The number of aliphatic hydroxyl groups is 1. The van der Waals surface area contributed by atoms with Crippen molar-refractivity contribution < 1.29 is 19.0 Å². The van der Waals surface area contributed by atoms with Gasteiger partial charge in [0.15, 0.2) is 0 Å². The average molecular weight is 410 g/mol. The van der Waals surface area contributed by atoms with Crippen molar-refractivity contribution in [1.82, 2.24) is 4.90 Å². The lowest BCUT2D eigenvalue weighted by molar-refractivity contribution is 0.0602. The molecular weight excluding hydrogens is 378 g/mol. The Balaban J connectivity index is 1.64. The van der Waals surface area contributed by atoms with Gasteiger partial charge in [-0.25, -0.2) is 0 Å². The maximum atomic E-state index is 10.7. The zero-order chi connectivity index (χ0) is 21.3. The Labute approximate surface area is 178 Å². The van der Waals surface area contributed by atoms with Crippen molar-refractivity contribution in [2.75, 3.05) is 19.8 Å². The van der Waals surface area contributed by atoms with E-state index in [1.54, 1.807) is 6.26 Å². The van der Waals surface area contributed by atoms with Crippen LogP contribution in [0.15, 0.2) is 65.3 Å². The zero-order valence-corrected chi connectivity index (χ0v) is 18.0. The van der Waals surface area contributed by atoms with Crippen LogP contribution >= 0.6 is 0 Å². The number of hydrogen-bond donors (Lipinski definition) is 1. The standard InChI is InChI=1S/C25H31NO4/c1-4-28-23-10-6-9-21(14-23)15-26(17-24-11-7-13-29-24)16-22(27)18-30-25-12-5-8-19(2)20(25)3/h5-14,22,27H,4,15-18H2,1-3H3. The van der Waals surface area contributed by atoms with Crippen molar-refractivity contribution in [3.05, 3.63) is 83.3 Å². The van der Waals surface area contributed by atoms with E-state index in [0.717, 1.165) is 28.4 Å². The number of furan rings is 1. The van der Waals surface area contributed by atoms with E-state index >= 15 is 0 Å². The van der Waals surface area contributed by atoms with Gasteiger partial charge in [0.05, 0.1) is 19.4 Å². The molecule has 0 aliphatic heterocycles. The van der Waals surface area contributed by atoms with Gasteiger partial charge in [0, 0.05) is 13.1 Å². The molecule has 1 heterocycles. The zero-order valence-electron chi connectivity index (χ0n) is 18.0. The number of benzene rings is 2. The van der Waals surface area contributed by atoms with Crippen molar-refractivity contribution in [3.63, 3.8) is 0 Å². The van der Waals surface area contributed by atoms with Gasteiger partial charge in [-0.15, -0.1) is 0 Å². The van der Waals surface area contributed by atoms with E-state index in [0.29, 0.717) is 26.2 Å². The first-order chi connectivity index (χ1) is 14.5. The van der Waals surface area contributed by atoms with Gasteiger partial charge in [0.25, 0.3) is 0 Å². The maximum absolute atomic E-state index is 10.7. The fourth-order valence-corrected chi connectivity index (χ4v) is 3.38. The lowest BCUT2D eigenvalue weighted by Crippen LogP contribution is -2.35. The van der Waals surface area contributed by atoms with Crippen LogP contribution in [0.1, 0.15) is 29.4 Å². The molecule has 160 valence electrons. The summed E-state index contributed by atoms with van der Waals surface area (Å²) in [5.41, 5.74) is 3.40. The molecule has 3 aromatic rings. The Hall–Kier alpha value is -2.76. The molecule has 0 aliphatic rings. The number of aryl methyl sites for hydroxylation is 1. The van der Waals surface area contributed by atoms with Crippen molar-refractivity contribution in [2.45, 2.75) is 40.0 Å². The minimum Gasteiger partial charge on any atom is -0.494 e. The first-order valence-electron chi connectivity index (χ1n) is 10.4. The molecule has 0 bridgehead atoms. The number of aliphatic hydroxyl groups excluding tert-OH is 1. The minimum absolute atomic E-state index is 0.234. The SMILES string of the molecule is CCOc1cccc(CN(Cc2ccco2)CC(O)COc2cccc(C)c2C)c1. The van der Waals surface area contributed by atoms with Crippen LogP contribution < -0.4 is 9.47 Å². The van der Waals surface area contributed by atoms with Crippen molar-refractivity contribution in [2.24, 2.45) is 0 Å². The van der Waals surface area contributed by atoms with E-state index in [-0.39, 0.29) is 6.61 Å². The van der Waals surface area contributed by atoms with Gasteiger partial charge >= 0.3 is 0 Å². The van der Waals surface area contributed by atoms with Gasteiger partial charge in [-0.1, -0.05) is 24.3 Å². The van der Waals surface area contributed by atoms with Gasteiger partial charge < -0.3 is 19.0 Å². The molecule has 1 N–H and O–H groups in total. The van der Waals surface area contributed by atoms with Crippen LogP contribution in [-0.2, 0) is 13.1 Å². The second-order valence-corrected chi connectivity index (χ2v) is 7.49. The molecule has 1 atom stereocenters. The third kappa shape index (κ3) is 6.37. The highest BCUT2D eigenvalue weighted by molar-refractivity contribution is 5.38. The third-order valence-electron chi connectivity index (χ3n) is 5.03. The van der Waals surface area contributed by atoms with Gasteiger partial charge in [-0.2, -0.15) is 0 Å². The maximum Gasteiger partial charge on any atom is 0.122 e. The largest absolute Gasteiger partial charge is 0.494 e. The molecule has 30 heavy (non-hydrogen) atoms. The summed E-state index contributed by atoms with van der Waals surface area (Å²) in [6, 6.07) is 17.8. The fourth-order valence-electron chi connectivity index (χ4n) is 3.38. The molecule has 2 aromatic carbocycles. The lowest BCUT2D eigenvalue weighted by Gasteiger charge is -2.25. The summed E-state index contributed by atoms with van der Waals surface area (Å²) in [5, 5.41) is 10.7. The molecule has 1 unspecified atom stereocenters. The van der Waals surface area contributed by atoms with Crippen LogP contribution in [0.25, 0.3) is 0 Å². The second kappa shape index (κ2) is 10.9. The van der Waals surface area contributed by atoms with Crippen LogP contribution in [0.3, 0.4) is 0 Å². The molecule has 0 fully saturated rings. The van der Waals surface area contributed by atoms with Crippen molar-refractivity contribution >= 4 is 0 Å². The summed E-state index contributed by atoms with van der Waals surface area (Å²) in [5.74, 6) is 2.53. The predicted octanol–water partition coefficient (Wildman–Crippen LogP) is 4.74. The molecule has 0 amide bonds. The van der Waals surface area contributed by atoms with Crippen LogP contribution in [0.2, 0.25) is 0 Å². The summed E-state index contributed by atoms with van der Waals surface area (Å²) in [4.78, 5) is 2.15. The second-order valence-electron chi connectivity index (χ2n) is 7.49. The normalized spacial score (nSPS) is 12.2. The monoisotopic (exact) mass is 409 g/mol. The third-order valence-corrected chi connectivity index (χ3v) is 5.03. The Morgan fingerprint density at radius 3 is 2.60 bits per heavy atom. The van der Waals surface area contributed by atoms with Crippen LogP contribution in [0.4, 0.5) is 0 Å². The Kier molecular flexibility index (Phi) is 7.94. The lowest BCUT2D eigenvalue weighted by atomic mass is 10.1. The Morgan fingerprint density at radius 2 is 1.83 bits per heavy atom. The number of rotatable bonds is 11. The number of nitrogens with zero attached hydrogens (tertiary/aromatic N) is 1. The summed E-state index contributed by atoms with van der Waals surface area (Å²) in [6.45, 7) is 8.67. The molecule has 0 spiro atoms. The molecule has 0 radical (unpaired) electrons. The quantitative estimate of drug-likeness (QED) is 0.496. The molecule has 3 rings (SSSR count). The summed E-state index contributed by atoms with van der Waals surface area (Å²) in [6.07, 6.45) is 1.04. The van der Waals surface area contributed by atoms with Crippen LogP contribution in [0.5, 0.6) is 11.5 Å². The summed E-state index contributed by atoms with van der Waals surface area (Å²) < 4.78 is 17.0. The van der Waals surface area contributed by atoms with E-state index in [4.69, 9.17) is 13.9 Å². The highest BCUT2D eigenvalue weighted by Crippen LogP contribution is 2.21. The predicted molar refractivity (Wildman–Crippen MR) is 118 cm³/mol. The highest BCUT2D eigenvalue weighted by atomic mass is 16.5. The van der Waals surface area contributed by atoms with Gasteiger partial charge in [-0.05, 0) is 67.8 Å². The highest BCUT2D eigenvalue weighted by Gasteiger charge is 2.16. The summed E-state index contributed by atoms with van der Waals surface area (Å²) >= 11 is 0. The minimum atomic E-state index is -0.630.